The van der Waals surface area contributed by atoms with Crippen molar-refractivity contribution in [2.75, 3.05) is 31.5 Å². The van der Waals surface area contributed by atoms with E-state index in [9.17, 15) is 9.59 Å². The molecule has 2 aromatic heterocycles. The van der Waals surface area contributed by atoms with Crippen molar-refractivity contribution in [3.8, 4) is 0 Å². The number of aromatic nitrogens is 3. The van der Waals surface area contributed by atoms with Crippen molar-refractivity contribution in [1.29, 1.82) is 0 Å². The zero-order valence-corrected chi connectivity index (χ0v) is 20.9. The molecule has 1 aliphatic rings. The van der Waals surface area contributed by atoms with E-state index in [0.29, 0.717) is 27.5 Å². The molecular formula is C24H26BrClN6O2. The van der Waals surface area contributed by atoms with Gasteiger partial charge < -0.3 is 15.5 Å². The van der Waals surface area contributed by atoms with E-state index < -0.39 is 5.91 Å². The predicted octanol–water partition coefficient (Wildman–Crippen LogP) is 4.16. The molecule has 1 fully saturated rings. The molecule has 3 aromatic rings. The minimum atomic E-state index is -0.402. The molecule has 8 nitrogen and oxygen atoms in total. The monoisotopic (exact) mass is 544 g/mol. The lowest BCUT2D eigenvalue weighted by Crippen LogP contribution is -2.39. The lowest BCUT2D eigenvalue weighted by atomic mass is 9.96. The van der Waals surface area contributed by atoms with Crippen molar-refractivity contribution < 1.29 is 9.59 Å². The van der Waals surface area contributed by atoms with E-state index in [4.69, 9.17) is 11.6 Å². The van der Waals surface area contributed by atoms with Crippen LogP contribution in [0.1, 0.15) is 39.3 Å². The topological polar surface area (TPSA) is 103 Å². The molecule has 3 N–H and O–H groups in total. The van der Waals surface area contributed by atoms with Crippen molar-refractivity contribution in [2.45, 2.75) is 19.3 Å². The normalized spacial score (nSPS) is 14.6. The molecule has 1 saturated heterocycles. The average molecular weight is 546 g/mol. The largest absolute Gasteiger partial charge is 0.350 e. The van der Waals surface area contributed by atoms with Gasteiger partial charge in [-0.05, 0) is 84.0 Å². The van der Waals surface area contributed by atoms with Gasteiger partial charge in [0.1, 0.15) is 5.69 Å². The molecule has 10 heteroatoms. The Morgan fingerprint density at radius 1 is 1.12 bits per heavy atom. The highest BCUT2D eigenvalue weighted by Gasteiger charge is 2.23. The molecule has 4 rings (SSSR count). The Labute approximate surface area is 211 Å². The highest BCUT2D eigenvalue weighted by Crippen LogP contribution is 2.25. The van der Waals surface area contributed by atoms with Gasteiger partial charge in [0.15, 0.2) is 5.82 Å². The molecule has 0 saturated carbocycles. The summed E-state index contributed by atoms with van der Waals surface area (Å²) in [6.07, 6.45) is 6.77. The quantitative estimate of drug-likeness (QED) is 0.394. The maximum atomic E-state index is 12.7. The number of carbonyl (C=O) groups is 2. The Morgan fingerprint density at radius 3 is 2.59 bits per heavy atom. The molecule has 0 bridgehead atoms. The summed E-state index contributed by atoms with van der Waals surface area (Å²) < 4.78 is 0.399. The number of benzene rings is 1. The number of nitrogens with zero attached hydrogens (tertiary/aromatic N) is 3. The number of pyridine rings is 1. The highest BCUT2D eigenvalue weighted by molar-refractivity contribution is 9.10. The number of piperidine rings is 1. The summed E-state index contributed by atoms with van der Waals surface area (Å²) in [6, 6.07) is 10.9. The van der Waals surface area contributed by atoms with Gasteiger partial charge in [-0.1, -0.05) is 23.7 Å². The molecule has 178 valence electrons. The molecule has 0 unspecified atom stereocenters. The lowest BCUT2D eigenvalue weighted by molar-refractivity contribution is 0.0929. The Hall–Kier alpha value is -2.75. The van der Waals surface area contributed by atoms with Gasteiger partial charge in [0.05, 0.1) is 15.1 Å². The van der Waals surface area contributed by atoms with E-state index in [1.54, 1.807) is 24.3 Å². The van der Waals surface area contributed by atoms with Gasteiger partial charge >= 0.3 is 0 Å². The second kappa shape index (κ2) is 11.6. The molecule has 0 spiro atoms. The van der Waals surface area contributed by atoms with Crippen LogP contribution in [-0.2, 0) is 6.42 Å². The molecule has 2 amide bonds. The standard InChI is InChI=1S/C24H26BrClN6O2/c25-20-21(30-31-22(20)29-23(33)18-3-1-2-4-19(18)26)24(34)28-15-17-8-13-32(14-9-17)12-7-16-5-10-27-11-6-16/h1-6,10-11,17H,7-9,12-15H2,(H,28,34)(H2,29,30,31,33). The van der Waals surface area contributed by atoms with Gasteiger partial charge in [-0.25, -0.2) is 0 Å². The van der Waals surface area contributed by atoms with E-state index in [-0.39, 0.29) is 17.4 Å². The zero-order valence-electron chi connectivity index (χ0n) is 18.6. The molecular weight excluding hydrogens is 520 g/mol. The molecule has 0 aliphatic carbocycles. The van der Waals surface area contributed by atoms with Crippen LogP contribution in [0.4, 0.5) is 5.82 Å². The zero-order chi connectivity index (χ0) is 23.9. The fraction of sp³-hybridized carbons (Fsp3) is 0.333. The number of hydrogen-bond acceptors (Lipinski definition) is 5. The van der Waals surface area contributed by atoms with Gasteiger partial charge in [0.25, 0.3) is 11.8 Å². The summed E-state index contributed by atoms with van der Waals surface area (Å²) in [7, 11) is 0. The second-order valence-electron chi connectivity index (χ2n) is 8.30. The molecule has 0 radical (unpaired) electrons. The van der Waals surface area contributed by atoms with Crippen LogP contribution in [0.15, 0.2) is 53.3 Å². The number of rotatable bonds is 8. The molecule has 3 heterocycles. The maximum Gasteiger partial charge on any atom is 0.270 e. The number of amides is 2. The van der Waals surface area contributed by atoms with Crippen LogP contribution in [0.25, 0.3) is 0 Å². The minimum Gasteiger partial charge on any atom is -0.350 e. The van der Waals surface area contributed by atoms with Crippen LogP contribution in [0.2, 0.25) is 5.02 Å². The van der Waals surface area contributed by atoms with Gasteiger partial charge in [-0.15, -0.1) is 0 Å². The number of carbonyl (C=O) groups excluding carboxylic acids is 2. The van der Waals surface area contributed by atoms with E-state index in [0.717, 1.165) is 38.9 Å². The number of aromatic amines is 1. The van der Waals surface area contributed by atoms with Crippen LogP contribution < -0.4 is 10.6 Å². The number of H-pyrrole nitrogens is 1. The first kappa shape index (κ1) is 24.4. The van der Waals surface area contributed by atoms with Crippen LogP contribution in [0.5, 0.6) is 0 Å². The Kier molecular flexibility index (Phi) is 8.31. The Morgan fingerprint density at radius 2 is 1.85 bits per heavy atom. The van der Waals surface area contributed by atoms with Crippen LogP contribution in [0.3, 0.4) is 0 Å². The predicted molar refractivity (Wildman–Crippen MR) is 135 cm³/mol. The summed E-state index contributed by atoms with van der Waals surface area (Å²) in [5.41, 5.74) is 1.90. The van der Waals surface area contributed by atoms with Crippen molar-refractivity contribution in [2.24, 2.45) is 5.92 Å². The second-order valence-corrected chi connectivity index (χ2v) is 9.50. The third-order valence-corrected chi connectivity index (χ3v) is 7.11. The Bertz CT molecular complexity index is 1130. The highest BCUT2D eigenvalue weighted by atomic mass is 79.9. The van der Waals surface area contributed by atoms with Crippen LogP contribution in [-0.4, -0.2) is 58.1 Å². The van der Waals surface area contributed by atoms with Crippen molar-refractivity contribution in [1.82, 2.24) is 25.4 Å². The number of nitrogens with one attached hydrogen (secondary N) is 3. The van der Waals surface area contributed by atoms with Gasteiger partial charge in [-0.2, -0.15) is 5.10 Å². The first-order valence-electron chi connectivity index (χ1n) is 11.2. The number of anilines is 1. The smallest absolute Gasteiger partial charge is 0.270 e. The van der Waals surface area contributed by atoms with E-state index in [1.165, 1.54) is 5.56 Å². The van der Waals surface area contributed by atoms with Crippen molar-refractivity contribution in [3.63, 3.8) is 0 Å². The van der Waals surface area contributed by atoms with Gasteiger partial charge in [0, 0.05) is 25.5 Å². The minimum absolute atomic E-state index is 0.234. The summed E-state index contributed by atoms with van der Waals surface area (Å²) in [6.45, 7) is 3.69. The first-order chi connectivity index (χ1) is 16.5. The third kappa shape index (κ3) is 6.22. The fourth-order valence-electron chi connectivity index (χ4n) is 3.96. The number of halogens is 2. The number of likely N-dealkylation sites (tertiary alicyclic amines) is 1. The Balaban J connectivity index is 1.23. The fourth-order valence-corrected chi connectivity index (χ4v) is 4.64. The van der Waals surface area contributed by atoms with Gasteiger partial charge in [-0.3, -0.25) is 19.7 Å². The van der Waals surface area contributed by atoms with E-state index >= 15 is 0 Å². The van der Waals surface area contributed by atoms with E-state index in [1.807, 2.05) is 12.4 Å². The maximum absolute atomic E-state index is 12.7. The first-order valence-corrected chi connectivity index (χ1v) is 12.4. The van der Waals surface area contributed by atoms with Crippen molar-refractivity contribution in [3.05, 3.63) is 75.1 Å². The summed E-state index contributed by atoms with van der Waals surface area (Å²) in [5, 5.41) is 12.8. The summed E-state index contributed by atoms with van der Waals surface area (Å²) >= 11 is 9.45. The molecule has 1 aromatic carbocycles. The third-order valence-electron chi connectivity index (χ3n) is 6.01. The summed E-state index contributed by atoms with van der Waals surface area (Å²) in [5.74, 6) is -0.00187. The molecule has 34 heavy (non-hydrogen) atoms. The lowest BCUT2D eigenvalue weighted by Gasteiger charge is -2.32. The average Bonchev–Trinajstić information content (AvgIpc) is 3.22. The molecule has 1 aliphatic heterocycles. The SMILES string of the molecule is O=C(Nc1n[nH]c(C(=O)NCC2CCN(CCc3ccncc3)CC2)c1Br)c1ccccc1Cl. The summed E-state index contributed by atoms with van der Waals surface area (Å²) in [4.78, 5) is 31.7. The van der Waals surface area contributed by atoms with Crippen molar-refractivity contribution >= 4 is 45.2 Å². The van der Waals surface area contributed by atoms with E-state index in [2.05, 4.69) is 58.8 Å². The van der Waals surface area contributed by atoms with Gasteiger partial charge in [0.2, 0.25) is 0 Å². The van der Waals surface area contributed by atoms with Crippen LogP contribution in [0, 0.1) is 5.92 Å². The molecule has 0 atom stereocenters. The van der Waals surface area contributed by atoms with Crippen LogP contribution >= 0.6 is 27.5 Å². The number of hydrogen-bond donors (Lipinski definition) is 3.